The number of nitrogens with one attached hydrogen (secondary N) is 2. The summed E-state index contributed by atoms with van der Waals surface area (Å²) in [7, 11) is 1.75. The van der Waals surface area contributed by atoms with Crippen LogP contribution in [0.4, 0.5) is 10.1 Å². The fourth-order valence-corrected chi connectivity index (χ4v) is 4.35. The van der Waals surface area contributed by atoms with Crippen LogP contribution in [-0.4, -0.2) is 71.4 Å². The Hall–Kier alpha value is -2.68. The molecular weight excluding hydrogens is 395 g/mol. The Morgan fingerprint density at radius 1 is 1.26 bits per heavy atom. The highest BCUT2D eigenvalue weighted by atomic mass is 19.1. The largest absolute Gasteiger partial charge is 0.367 e. The third-order valence-corrected chi connectivity index (χ3v) is 6.16. The third kappa shape index (κ3) is 5.15. The first kappa shape index (κ1) is 21.5. The number of guanidine groups is 1. The van der Waals surface area contributed by atoms with E-state index in [1.54, 1.807) is 13.1 Å². The van der Waals surface area contributed by atoms with Crippen molar-refractivity contribution in [3.63, 3.8) is 0 Å². The second-order valence-corrected chi connectivity index (χ2v) is 8.27. The van der Waals surface area contributed by atoms with Gasteiger partial charge in [-0.2, -0.15) is 5.10 Å². The molecule has 2 aromatic rings. The van der Waals surface area contributed by atoms with Crippen molar-refractivity contribution in [2.45, 2.75) is 45.8 Å². The Labute approximate surface area is 183 Å². The number of nitrogens with zero attached hydrogens (tertiary/aromatic N) is 6. The lowest BCUT2D eigenvalue weighted by atomic mass is 10.1. The van der Waals surface area contributed by atoms with Crippen LogP contribution in [0.2, 0.25) is 0 Å². The number of aromatic nitrogens is 3. The predicted molar refractivity (Wildman–Crippen MR) is 121 cm³/mol. The molecule has 0 radical (unpaired) electrons. The van der Waals surface area contributed by atoms with Crippen molar-refractivity contribution in [3.05, 3.63) is 41.2 Å². The minimum atomic E-state index is -0.159. The summed E-state index contributed by atoms with van der Waals surface area (Å²) in [6.45, 7) is 10.1. The summed E-state index contributed by atoms with van der Waals surface area (Å²) in [6, 6.07) is 5.77. The van der Waals surface area contributed by atoms with E-state index < -0.39 is 0 Å². The van der Waals surface area contributed by atoms with E-state index in [-0.39, 0.29) is 11.9 Å². The molecule has 1 fully saturated rings. The van der Waals surface area contributed by atoms with Crippen LogP contribution < -0.4 is 15.5 Å². The van der Waals surface area contributed by atoms with Gasteiger partial charge in [-0.25, -0.2) is 14.1 Å². The smallest absolute Gasteiger partial charge is 0.191 e. The molecule has 2 aliphatic rings. The molecule has 1 aromatic heterocycles. The Morgan fingerprint density at radius 2 is 2.06 bits per heavy atom. The Kier molecular flexibility index (Phi) is 6.70. The van der Waals surface area contributed by atoms with Crippen molar-refractivity contribution in [3.8, 4) is 0 Å². The molecule has 0 spiro atoms. The fraction of sp³-hybridized carbons (Fsp3) is 0.591. The summed E-state index contributed by atoms with van der Waals surface area (Å²) >= 11 is 0. The third-order valence-electron chi connectivity index (χ3n) is 6.16. The van der Waals surface area contributed by atoms with Gasteiger partial charge in [-0.3, -0.25) is 4.99 Å². The molecule has 168 valence electrons. The minimum absolute atomic E-state index is 0.159. The van der Waals surface area contributed by atoms with Gasteiger partial charge >= 0.3 is 0 Å². The summed E-state index contributed by atoms with van der Waals surface area (Å²) in [6.07, 6.45) is 1.88. The Morgan fingerprint density at radius 3 is 2.77 bits per heavy atom. The molecular formula is C22H33FN8. The van der Waals surface area contributed by atoms with Crippen molar-refractivity contribution in [1.82, 2.24) is 30.3 Å². The number of hydrogen-bond acceptors (Lipinski definition) is 5. The molecule has 0 saturated carbocycles. The van der Waals surface area contributed by atoms with Crippen molar-refractivity contribution in [1.29, 1.82) is 0 Å². The van der Waals surface area contributed by atoms with Crippen LogP contribution >= 0.6 is 0 Å². The zero-order valence-corrected chi connectivity index (χ0v) is 18.7. The number of hydrogen-bond donors (Lipinski definition) is 2. The number of fused-ring (bicyclic) bond motifs is 1. The highest BCUT2D eigenvalue weighted by Gasteiger charge is 2.22. The van der Waals surface area contributed by atoms with Gasteiger partial charge in [-0.1, -0.05) is 13.0 Å². The van der Waals surface area contributed by atoms with Gasteiger partial charge in [0.2, 0.25) is 0 Å². The zero-order chi connectivity index (χ0) is 21.8. The first-order valence-electron chi connectivity index (χ1n) is 11.2. The van der Waals surface area contributed by atoms with E-state index in [1.807, 2.05) is 23.7 Å². The molecule has 31 heavy (non-hydrogen) atoms. The average Bonchev–Trinajstić information content (AvgIpc) is 3.16. The molecule has 8 nitrogen and oxygen atoms in total. The number of benzene rings is 1. The number of halogens is 1. The van der Waals surface area contributed by atoms with Gasteiger partial charge in [0.25, 0.3) is 0 Å². The van der Waals surface area contributed by atoms with Gasteiger partial charge in [0.1, 0.15) is 17.5 Å². The van der Waals surface area contributed by atoms with Crippen LogP contribution in [0.5, 0.6) is 0 Å². The first-order chi connectivity index (χ1) is 15.1. The monoisotopic (exact) mass is 428 g/mol. The van der Waals surface area contributed by atoms with E-state index in [0.717, 1.165) is 69.3 Å². The summed E-state index contributed by atoms with van der Waals surface area (Å²) < 4.78 is 16.8. The molecule has 3 heterocycles. The summed E-state index contributed by atoms with van der Waals surface area (Å²) in [5.74, 6) is 2.42. The van der Waals surface area contributed by atoms with Crippen LogP contribution in [0.15, 0.2) is 23.2 Å². The SMILES string of the molecule is CCN1CCN(c2ccc(CNC(=NC)NC3CCc4nc(C)nn4C3)cc2F)CC1. The lowest BCUT2D eigenvalue weighted by Crippen LogP contribution is -2.47. The molecule has 1 atom stereocenters. The average molecular weight is 429 g/mol. The number of piperazine rings is 1. The summed E-state index contributed by atoms with van der Waals surface area (Å²) in [5.41, 5.74) is 1.59. The van der Waals surface area contributed by atoms with Crippen LogP contribution in [0.25, 0.3) is 0 Å². The van der Waals surface area contributed by atoms with Gasteiger partial charge in [-0.15, -0.1) is 0 Å². The van der Waals surface area contributed by atoms with E-state index in [2.05, 4.69) is 42.4 Å². The van der Waals surface area contributed by atoms with Crippen molar-refractivity contribution in [2.75, 3.05) is 44.7 Å². The molecule has 9 heteroatoms. The predicted octanol–water partition coefficient (Wildman–Crippen LogP) is 1.55. The molecule has 2 N–H and O–H groups in total. The Balaban J connectivity index is 1.30. The molecule has 2 aliphatic heterocycles. The van der Waals surface area contributed by atoms with Crippen LogP contribution in [0.3, 0.4) is 0 Å². The standard InChI is InChI=1S/C22H33FN8/c1-4-29-9-11-30(12-10-29)20-7-5-17(13-19(20)23)14-25-22(24-3)27-18-6-8-21-26-16(2)28-31(21)15-18/h5,7,13,18H,4,6,8-12,14-15H2,1-3H3,(H2,24,25,27). The first-order valence-corrected chi connectivity index (χ1v) is 11.2. The topological polar surface area (TPSA) is 73.6 Å². The van der Waals surface area contributed by atoms with Crippen LogP contribution in [0.1, 0.15) is 30.6 Å². The molecule has 1 saturated heterocycles. The van der Waals surface area contributed by atoms with Crippen LogP contribution in [-0.2, 0) is 19.5 Å². The minimum Gasteiger partial charge on any atom is -0.367 e. The molecule has 1 unspecified atom stereocenters. The van der Waals surface area contributed by atoms with E-state index in [0.29, 0.717) is 18.2 Å². The summed E-state index contributed by atoms with van der Waals surface area (Å²) in [5, 5.41) is 11.2. The maximum atomic E-state index is 14.8. The van der Waals surface area contributed by atoms with E-state index in [4.69, 9.17) is 0 Å². The van der Waals surface area contributed by atoms with Gasteiger partial charge in [-0.05, 0) is 37.6 Å². The highest BCUT2D eigenvalue weighted by Crippen LogP contribution is 2.22. The lowest BCUT2D eigenvalue weighted by molar-refractivity contribution is 0.270. The number of aliphatic imine (C=N–C) groups is 1. The van der Waals surface area contributed by atoms with Gasteiger partial charge < -0.3 is 20.4 Å². The van der Waals surface area contributed by atoms with E-state index in [1.165, 1.54) is 0 Å². The number of rotatable bonds is 5. The van der Waals surface area contributed by atoms with Gasteiger partial charge in [0.05, 0.1) is 12.2 Å². The summed E-state index contributed by atoms with van der Waals surface area (Å²) in [4.78, 5) is 13.3. The molecule has 0 bridgehead atoms. The second-order valence-electron chi connectivity index (χ2n) is 8.27. The van der Waals surface area contributed by atoms with Crippen LogP contribution in [0, 0.1) is 12.7 Å². The maximum absolute atomic E-state index is 14.8. The van der Waals surface area contributed by atoms with E-state index >= 15 is 0 Å². The van der Waals surface area contributed by atoms with Crippen molar-refractivity contribution in [2.24, 2.45) is 4.99 Å². The number of aryl methyl sites for hydroxylation is 2. The van der Waals surface area contributed by atoms with E-state index in [9.17, 15) is 4.39 Å². The molecule has 4 rings (SSSR count). The fourth-order valence-electron chi connectivity index (χ4n) is 4.35. The number of likely N-dealkylation sites (N-methyl/N-ethyl adjacent to an activating group) is 1. The quantitative estimate of drug-likeness (QED) is 0.556. The zero-order valence-electron chi connectivity index (χ0n) is 18.7. The van der Waals surface area contributed by atoms with Crippen molar-refractivity contribution < 1.29 is 4.39 Å². The lowest BCUT2D eigenvalue weighted by Gasteiger charge is -2.35. The Bertz CT molecular complexity index is 916. The second kappa shape index (κ2) is 9.64. The maximum Gasteiger partial charge on any atom is 0.191 e. The molecule has 0 amide bonds. The normalized spacial score (nSPS) is 19.9. The molecule has 0 aliphatic carbocycles. The van der Waals surface area contributed by atoms with Crippen molar-refractivity contribution >= 4 is 11.6 Å². The number of anilines is 1. The van der Waals surface area contributed by atoms with Gasteiger partial charge in [0, 0.05) is 52.2 Å². The highest BCUT2D eigenvalue weighted by molar-refractivity contribution is 5.80. The molecule has 1 aromatic carbocycles. The van der Waals surface area contributed by atoms with Gasteiger partial charge in [0.15, 0.2) is 5.96 Å².